The van der Waals surface area contributed by atoms with Crippen LogP contribution in [0, 0.1) is 17.3 Å². The van der Waals surface area contributed by atoms with Gasteiger partial charge in [-0.15, -0.1) is 0 Å². The third kappa shape index (κ3) is 1.86. The van der Waals surface area contributed by atoms with Gasteiger partial charge in [0.05, 0.1) is 5.60 Å². The molecule has 0 amide bonds. The number of ether oxygens (including phenoxy) is 1. The van der Waals surface area contributed by atoms with Gasteiger partial charge in [0, 0.05) is 12.3 Å². The number of halogens is 2. The topological polar surface area (TPSA) is 46.5 Å². The van der Waals surface area contributed by atoms with Gasteiger partial charge in [-0.2, -0.15) is 0 Å². The van der Waals surface area contributed by atoms with Crippen molar-refractivity contribution < 1.29 is 14.6 Å². The Hall–Kier alpha value is 0.01000. The van der Waals surface area contributed by atoms with Crippen molar-refractivity contribution in [3.05, 3.63) is 0 Å². The van der Waals surface area contributed by atoms with E-state index >= 15 is 0 Å². The number of esters is 1. The van der Waals surface area contributed by atoms with Crippen molar-refractivity contribution in [2.75, 3.05) is 0 Å². The SMILES string of the molecule is CC(=O)OC(Cl)(Cl)C12CC3CC(CC(O)(C3)C1)C2. The maximum Gasteiger partial charge on any atom is 0.305 e. The summed E-state index contributed by atoms with van der Waals surface area (Å²) in [5, 5.41) is 10.6. The molecule has 4 rings (SSSR count). The van der Waals surface area contributed by atoms with Crippen molar-refractivity contribution >= 4 is 29.2 Å². The molecule has 0 aromatic rings. The fraction of sp³-hybridized carbons (Fsp3) is 0.923. The Bertz CT molecular complexity index is 380. The minimum absolute atomic E-state index is 0.462. The average Bonchev–Trinajstić information content (AvgIpc) is 2.10. The Morgan fingerprint density at radius 2 is 1.83 bits per heavy atom. The first-order valence-electron chi connectivity index (χ1n) is 6.53. The van der Waals surface area contributed by atoms with E-state index in [9.17, 15) is 9.90 Å². The van der Waals surface area contributed by atoms with Gasteiger partial charge in [0.25, 0.3) is 4.52 Å². The van der Waals surface area contributed by atoms with Gasteiger partial charge in [-0.3, -0.25) is 4.79 Å². The van der Waals surface area contributed by atoms with Gasteiger partial charge in [-0.1, -0.05) is 23.2 Å². The van der Waals surface area contributed by atoms with Crippen LogP contribution in [0.4, 0.5) is 0 Å². The average molecular weight is 293 g/mol. The number of carbonyl (C=O) groups excluding carboxylic acids is 1. The lowest BCUT2D eigenvalue weighted by Gasteiger charge is -2.62. The number of carbonyl (C=O) groups is 1. The van der Waals surface area contributed by atoms with Crippen LogP contribution in [0.25, 0.3) is 0 Å². The second kappa shape index (κ2) is 3.77. The third-order valence-corrected chi connectivity index (χ3v) is 5.88. The van der Waals surface area contributed by atoms with E-state index < -0.39 is 21.5 Å². The van der Waals surface area contributed by atoms with Crippen LogP contribution >= 0.6 is 23.2 Å². The largest absolute Gasteiger partial charge is 0.428 e. The molecule has 4 aliphatic rings. The Labute approximate surface area is 117 Å². The van der Waals surface area contributed by atoms with E-state index in [1.165, 1.54) is 6.92 Å². The maximum atomic E-state index is 11.2. The van der Waals surface area contributed by atoms with Crippen LogP contribution in [-0.4, -0.2) is 21.2 Å². The monoisotopic (exact) mass is 292 g/mol. The standard InChI is InChI=1S/C13H18Cl2O3/c1-8(16)18-13(14,15)11-3-9-2-10(4-11)6-12(17,5-9)7-11/h9-10,17H,2-7H2,1H3. The summed E-state index contributed by atoms with van der Waals surface area (Å²) in [6, 6.07) is 0. The van der Waals surface area contributed by atoms with Gasteiger partial charge in [0.2, 0.25) is 0 Å². The molecule has 0 aromatic heterocycles. The summed E-state index contributed by atoms with van der Waals surface area (Å²) in [7, 11) is 0. The van der Waals surface area contributed by atoms with Gasteiger partial charge >= 0.3 is 5.97 Å². The molecule has 2 atom stereocenters. The molecule has 4 aliphatic carbocycles. The molecule has 102 valence electrons. The molecule has 1 N–H and O–H groups in total. The highest BCUT2D eigenvalue weighted by Gasteiger charge is 2.65. The van der Waals surface area contributed by atoms with Crippen LogP contribution in [0.15, 0.2) is 0 Å². The van der Waals surface area contributed by atoms with E-state index in [4.69, 9.17) is 27.9 Å². The Kier molecular flexibility index (Phi) is 2.73. The number of hydrogen-bond acceptors (Lipinski definition) is 3. The summed E-state index contributed by atoms with van der Waals surface area (Å²) in [4.78, 5) is 11.2. The summed E-state index contributed by atoms with van der Waals surface area (Å²) in [5.74, 6) is 0.454. The van der Waals surface area contributed by atoms with Gasteiger partial charge in [0.1, 0.15) is 0 Å². The molecular weight excluding hydrogens is 275 g/mol. The lowest BCUT2D eigenvalue weighted by molar-refractivity contribution is -0.201. The van der Waals surface area contributed by atoms with Crippen LogP contribution in [0.5, 0.6) is 0 Å². The molecule has 2 unspecified atom stereocenters. The van der Waals surface area contributed by atoms with Crippen LogP contribution in [0.2, 0.25) is 0 Å². The zero-order valence-corrected chi connectivity index (χ0v) is 11.9. The molecule has 4 fully saturated rings. The van der Waals surface area contributed by atoms with Crippen LogP contribution in [0.1, 0.15) is 45.4 Å². The molecular formula is C13H18Cl2O3. The quantitative estimate of drug-likeness (QED) is 0.629. The molecule has 0 aliphatic heterocycles. The van der Waals surface area contributed by atoms with E-state index in [0.717, 1.165) is 32.1 Å². The van der Waals surface area contributed by atoms with Crippen molar-refractivity contribution in [3.63, 3.8) is 0 Å². The summed E-state index contributed by atoms with van der Waals surface area (Å²) in [6.45, 7) is 1.31. The molecule has 3 nitrogen and oxygen atoms in total. The van der Waals surface area contributed by atoms with Crippen LogP contribution in [-0.2, 0) is 9.53 Å². The molecule has 0 heterocycles. The predicted molar refractivity (Wildman–Crippen MR) is 68.3 cm³/mol. The smallest absolute Gasteiger partial charge is 0.305 e. The van der Waals surface area contributed by atoms with Gasteiger partial charge in [0.15, 0.2) is 0 Å². The second-order valence-corrected chi connectivity index (χ2v) is 7.83. The fourth-order valence-corrected chi connectivity index (χ4v) is 5.50. The summed E-state index contributed by atoms with van der Waals surface area (Å²) in [6.07, 6.45) is 5.09. The Balaban J connectivity index is 1.93. The van der Waals surface area contributed by atoms with Gasteiger partial charge in [-0.25, -0.2) is 0 Å². The normalized spacial score (nSPS) is 46.2. The van der Waals surface area contributed by atoms with Crippen molar-refractivity contribution in [1.29, 1.82) is 0 Å². The van der Waals surface area contributed by atoms with Crippen LogP contribution in [0.3, 0.4) is 0 Å². The van der Waals surface area contributed by atoms with E-state index in [1.807, 2.05) is 0 Å². The molecule has 0 aromatic carbocycles. The summed E-state index contributed by atoms with van der Waals surface area (Å²) in [5.41, 5.74) is -1.13. The van der Waals surface area contributed by atoms with Crippen molar-refractivity contribution in [2.45, 2.75) is 55.6 Å². The van der Waals surface area contributed by atoms with E-state index in [-0.39, 0.29) is 0 Å². The number of alkyl halides is 2. The first-order chi connectivity index (χ1) is 8.24. The summed E-state index contributed by atoms with van der Waals surface area (Å²) < 4.78 is 3.64. The Morgan fingerprint density at radius 1 is 1.28 bits per heavy atom. The molecule has 0 radical (unpaired) electrons. The van der Waals surface area contributed by atoms with Crippen molar-refractivity contribution in [2.24, 2.45) is 17.3 Å². The fourth-order valence-electron chi connectivity index (χ4n) is 4.84. The number of aliphatic hydroxyl groups is 1. The number of hydrogen-bond donors (Lipinski definition) is 1. The second-order valence-electron chi connectivity index (χ2n) is 6.58. The van der Waals surface area contributed by atoms with Crippen LogP contribution < -0.4 is 0 Å². The van der Waals surface area contributed by atoms with E-state index in [0.29, 0.717) is 18.3 Å². The van der Waals surface area contributed by atoms with E-state index in [2.05, 4.69) is 0 Å². The number of rotatable bonds is 2. The molecule has 4 saturated carbocycles. The zero-order chi connectivity index (χ0) is 13.2. The Morgan fingerprint density at radius 3 is 2.28 bits per heavy atom. The first-order valence-corrected chi connectivity index (χ1v) is 7.29. The van der Waals surface area contributed by atoms with Gasteiger partial charge < -0.3 is 9.84 Å². The zero-order valence-electron chi connectivity index (χ0n) is 10.4. The highest BCUT2D eigenvalue weighted by atomic mass is 35.5. The lowest BCUT2D eigenvalue weighted by Crippen LogP contribution is -2.61. The highest BCUT2D eigenvalue weighted by Crippen LogP contribution is 2.67. The minimum Gasteiger partial charge on any atom is -0.428 e. The van der Waals surface area contributed by atoms with Crippen molar-refractivity contribution in [1.82, 2.24) is 0 Å². The van der Waals surface area contributed by atoms with Crippen molar-refractivity contribution in [3.8, 4) is 0 Å². The predicted octanol–water partition coefficient (Wildman–Crippen LogP) is 3.01. The molecule has 0 saturated heterocycles. The molecule has 5 heteroatoms. The minimum atomic E-state index is -1.51. The van der Waals surface area contributed by atoms with Gasteiger partial charge in [-0.05, 0) is 50.4 Å². The lowest BCUT2D eigenvalue weighted by atomic mass is 9.48. The molecule has 4 bridgehead atoms. The first kappa shape index (κ1) is 13.0. The summed E-state index contributed by atoms with van der Waals surface area (Å²) >= 11 is 12.7. The third-order valence-electron chi connectivity index (χ3n) is 4.92. The molecule has 0 spiro atoms. The van der Waals surface area contributed by atoms with E-state index in [1.54, 1.807) is 0 Å². The highest BCUT2D eigenvalue weighted by molar-refractivity contribution is 6.48. The molecule has 18 heavy (non-hydrogen) atoms. The maximum absolute atomic E-state index is 11.2.